The highest BCUT2D eigenvalue weighted by Gasteiger charge is 2.28. The molecule has 8 bridgehead atoms. The van der Waals surface area contributed by atoms with Crippen LogP contribution in [0.2, 0.25) is 0 Å². The van der Waals surface area contributed by atoms with Crippen molar-refractivity contribution in [3.8, 4) is 44.5 Å². The number of aromatic nitrogens is 4. The second-order valence-electron chi connectivity index (χ2n) is 20.6. The summed E-state index contributed by atoms with van der Waals surface area (Å²) in [5.41, 5.74) is 21.0. The van der Waals surface area contributed by atoms with Crippen LogP contribution < -0.4 is 17.9 Å². The quantitative estimate of drug-likeness (QED) is 0.150. The van der Waals surface area contributed by atoms with Crippen molar-refractivity contribution in [1.29, 1.82) is 0 Å². The van der Waals surface area contributed by atoms with E-state index in [-0.39, 0.29) is 0 Å². The lowest BCUT2D eigenvalue weighted by Crippen LogP contribution is -2.35. The third-order valence-electron chi connectivity index (χ3n) is 12.3. The molecule has 322 valence electrons. The molecule has 2 aliphatic heterocycles. The van der Waals surface area contributed by atoms with E-state index in [1.165, 1.54) is 22.7 Å². The van der Waals surface area contributed by atoms with Crippen molar-refractivity contribution in [3.63, 3.8) is 0 Å². The Bertz CT molecular complexity index is 2780. The van der Waals surface area contributed by atoms with E-state index >= 15 is 0 Å². The third-order valence-corrected chi connectivity index (χ3v) is 12.3. The molecule has 0 aliphatic carbocycles. The second-order valence-corrected chi connectivity index (χ2v) is 20.6. The van der Waals surface area contributed by atoms with Crippen molar-refractivity contribution in [2.75, 3.05) is 84.6 Å². The van der Waals surface area contributed by atoms with Crippen molar-refractivity contribution in [1.82, 2.24) is 37.9 Å². The molecule has 0 saturated heterocycles. The molecule has 0 saturated carbocycles. The van der Waals surface area contributed by atoms with E-state index in [0.717, 1.165) is 89.4 Å². The SMILES string of the molecule is C[N+](C)(C)c1ccccc1-c1c2nc(c(-c3ccccc3[N+](C)(C)C)c3ccc([nH]3)c(-c3ccccc3[N+](C)(C)C)c3nc(c(-c4ccccc4[N+](C)(C)C)c4ccc1[nH]4)C=C3)C=C2. The summed E-state index contributed by atoms with van der Waals surface area (Å²) in [5.74, 6) is 0. The van der Waals surface area contributed by atoms with Gasteiger partial charge in [0.25, 0.3) is 0 Å². The summed E-state index contributed by atoms with van der Waals surface area (Å²) in [4.78, 5) is 19.3. The topological polar surface area (TPSA) is 57.4 Å². The number of H-pyrrole nitrogens is 2. The zero-order chi connectivity index (χ0) is 45.3. The van der Waals surface area contributed by atoms with Crippen LogP contribution in [0.1, 0.15) is 22.8 Å². The van der Waals surface area contributed by atoms with Crippen LogP contribution in [-0.4, -0.2) is 105 Å². The number of hydrogen-bond acceptors (Lipinski definition) is 2. The highest BCUT2D eigenvalue weighted by atomic mass is 15.3. The van der Waals surface area contributed by atoms with Crippen LogP contribution in [0.25, 0.3) is 90.9 Å². The van der Waals surface area contributed by atoms with Crippen LogP contribution in [0.3, 0.4) is 0 Å². The molecule has 0 radical (unpaired) electrons. The first-order chi connectivity index (χ1) is 30.3. The largest absolute Gasteiger partial charge is 0.354 e. The molecule has 0 spiro atoms. The summed E-state index contributed by atoms with van der Waals surface area (Å²) in [6.07, 6.45) is 8.80. The van der Waals surface area contributed by atoms with Crippen LogP contribution in [0, 0.1) is 0 Å². The van der Waals surface area contributed by atoms with Gasteiger partial charge in [0.1, 0.15) is 22.7 Å². The minimum Gasteiger partial charge on any atom is -0.354 e. The summed E-state index contributed by atoms with van der Waals surface area (Å²) in [6.45, 7) is 0. The van der Waals surface area contributed by atoms with E-state index < -0.39 is 0 Å². The van der Waals surface area contributed by atoms with Gasteiger partial charge < -0.3 is 9.97 Å². The highest BCUT2D eigenvalue weighted by molar-refractivity contribution is 6.03. The number of quaternary nitrogens is 4. The number of nitrogens with one attached hydrogen (secondary N) is 2. The van der Waals surface area contributed by atoms with Gasteiger partial charge >= 0.3 is 0 Å². The molecule has 4 aromatic carbocycles. The van der Waals surface area contributed by atoms with E-state index in [2.05, 4.69) is 240 Å². The highest BCUT2D eigenvalue weighted by Crippen LogP contribution is 2.45. The molecule has 0 unspecified atom stereocenters. The van der Waals surface area contributed by atoms with Gasteiger partial charge in [0.15, 0.2) is 0 Å². The second kappa shape index (κ2) is 15.5. The van der Waals surface area contributed by atoms with Crippen molar-refractivity contribution in [2.45, 2.75) is 0 Å². The number of rotatable bonds is 8. The van der Waals surface area contributed by atoms with Crippen molar-refractivity contribution in [3.05, 3.63) is 144 Å². The van der Waals surface area contributed by atoms with Gasteiger partial charge in [-0.3, -0.25) is 17.9 Å². The number of hydrogen-bond donors (Lipinski definition) is 2. The van der Waals surface area contributed by atoms with Crippen molar-refractivity contribution < 1.29 is 0 Å². The Morgan fingerprint density at radius 3 is 0.688 bits per heavy atom. The van der Waals surface area contributed by atoms with Crippen molar-refractivity contribution in [2.24, 2.45) is 0 Å². The van der Waals surface area contributed by atoms with Gasteiger partial charge in [0.05, 0.1) is 107 Å². The Hall–Kier alpha value is -6.68. The molecule has 64 heavy (non-hydrogen) atoms. The summed E-state index contributed by atoms with van der Waals surface area (Å²) < 4.78 is 2.57. The summed E-state index contributed by atoms with van der Waals surface area (Å²) >= 11 is 0. The maximum absolute atomic E-state index is 5.67. The first kappa shape index (κ1) is 42.6. The molecular formula is C56H62N8+4. The molecule has 2 N–H and O–H groups in total. The van der Waals surface area contributed by atoms with Gasteiger partial charge in [-0.25, -0.2) is 9.97 Å². The van der Waals surface area contributed by atoms with Gasteiger partial charge in [-0.1, -0.05) is 48.5 Å². The monoisotopic (exact) mass is 847 g/mol. The number of aromatic amines is 2. The lowest BCUT2D eigenvalue weighted by molar-refractivity contribution is 0.487. The standard InChI is InChI=1S/C56H62N8/c1-61(2,3)49-25-17-13-21-37(49)53-41-29-31-43(57-41)54(38-22-14-18-26-50(38)62(4,5)6)45-33-35-47(59-45)56(40-24-16-20-28-52(40)64(10,11)12)48-36-34-46(60-48)55(44-32-30-42(53)58-44)39-23-15-19-27-51(39)63(7,8)9/h13-36,57,60H,1-12H3/q+4. The van der Waals surface area contributed by atoms with E-state index in [1.807, 2.05) is 0 Å². The number of para-hydroxylation sites is 4. The van der Waals surface area contributed by atoms with Gasteiger partial charge in [-0.05, 0) is 97.1 Å². The average molecular weight is 847 g/mol. The fourth-order valence-electron chi connectivity index (χ4n) is 9.42. The van der Waals surface area contributed by atoms with Gasteiger partial charge in [-0.2, -0.15) is 0 Å². The molecule has 7 aromatic rings. The molecule has 5 heterocycles. The third kappa shape index (κ3) is 7.73. The normalized spacial score (nSPS) is 13.2. The summed E-state index contributed by atoms with van der Waals surface area (Å²) in [6, 6.07) is 43.9. The Morgan fingerprint density at radius 1 is 0.281 bits per heavy atom. The molecule has 2 aliphatic rings. The molecule has 8 nitrogen and oxygen atoms in total. The Morgan fingerprint density at radius 2 is 0.484 bits per heavy atom. The minimum absolute atomic E-state index is 0.644. The van der Waals surface area contributed by atoms with Gasteiger partial charge in [-0.15, -0.1) is 0 Å². The molecule has 3 aromatic heterocycles. The molecule has 0 amide bonds. The van der Waals surface area contributed by atoms with E-state index in [4.69, 9.17) is 9.97 Å². The first-order valence-corrected chi connectivity index (χ1v) is 22.1. The van der Waals surface area contributed by atoms with Crippen LogP contribution in [0.4, 0.5) is 22.7 Å². The van der Waals surface area contributed by atoms with E-state index in [1.54, 1.807) is 0 Å². The first-order valence-electron chi connectivity index (χ1n) is 22.1. The van der Waals surface area contributed by atoms with Gasteiger partial charge in [0.2, 0.25) is 0 Å². The Balaban J connectivity index is 1.54. The maximum atomic E-state index is 5.67. The minimum atomic E-state index is 0.644. The molecule has 0 atom stereocenters. The van der Waals surface area contributed by atoms with Crippen LogP contribution >= 0.6 is 0 Å². The van der Waals surface area contributed by atoms with E-state index in [0.29, 0.717) is 17.9 Å². The molecule has 8 heteroatoms. The van der Waals surface area contributed by atoms with Crippen molar-refractivity contribution >= 4 is 69.1 Å². The molecule has 9 rings (SSSR count). The predicted octanol–water partition coefficient (Wildman–Crippen LogP) is 12.1. The van der Waals surface area contributed by atoms with Crippen LogP contribution in [-0.2, 0) is 0 Å². The summed E-state index contributed by atoms with van der Waals surface area (Å²) in [7, 11) is 26.7. The molecule has 0 fully saturated rings. The predicted molar refractivity (Wildman–Crippen MR) is 279 cm³/mol. The maximum Gasteiger partial charge on any atom is 0.140 e. The Labute approximate surface area is 378 Å². The fourth-order valence-corrected chi connectivity index (χ4v) is 9.42. The lowest BCUT2D eigenvalue weighted by Gasteiger charge is -2.26. The molecular weight excluding hydrogens is 785 g/mol. The van der Waals surface area contributed by atoms with E-state index in [9.17, 15) is 0 Å². The smallest absolute Gasteiger partial charge is 0.140 e. The number of nitrogens with zero attached hydrogens (tertiary/aromatic N) is 6. The number of fused-ring (bicyclic) bond motifs is 8. The Kier molecular flexibility index (Phi) is 10.3. The van der Waals surface area contributed by atoms with Gasteiger partial charge in [0, 0.05) is 66.6 Å². The van der Waals surface area contributed by atoms with Crippen LogP contribution in [0.5, 0.6) is 0 Å². The fraction of sp³-hybridized carbons (Fsp3) is 0.214. The lowest BCUT2D eigenvalue weighted by atomic mass is 10.00. The zero-order valence-electron chi connectivity index (χ0n) is 39.5. The average Bonchev–Trinajstić information content (AvgIpc) is 4.08. The summed E-state index contributed by atoms with van der Waals surface area (Å²) in [5, 5.41) is 0. The zero-order valence-corrected chi connectivity index (χ0v) is 39.5. The number of benzene rings is 4. The van der Waals surface area contributed by atoms with Crippen LogP contribution in [0.15, 0.2) is 121 Å².